The van der Waals surface area contributed by atoms with Gasteiger partial charge in [-0.2, -0.15) is 5.26 Å². The highest BCUT2D eigenvalue weighted by Crippen LogP contribution is 1.97. The number of hydrogen-bond donors (Lipinski definition) is 0. The Kier molecular flexibility index (Phi) is 8.46. The minimum atomic E-state index is 0.679. The summed E-state index contributed by atoms with van der Waals surface area (Å²) in [4.78, 5) is 0. The lowest BCUT2D eigenvalue weighted by Crippen LogP contribution is -1.70. The molecule has 0 aliphatic rings. The predicted octanol–water partition coefficient (Wildman–Crippen LogP) is 3.02. The molecule has 0 amide bonds. The van der Waals surface area contributed by atoms with Crippen LogP contribution in [0.4, 0.5) is 0 Å². The molecule has 0 unspecified atom stereocenters. The predicted molar refractivity (Wildman–Crippen MR) is 47.0 cm³/mol. The first-order valence-corrected chi connectivity index (χ1v) is 4.62. The number of hydrogen-bond acceptors (Lipinski definition) is 1. The largest absolute Gasteiger partial charge is 0.198 e. The van der Waals surface area contributed by atoms with Crippen LogP contribution in [0.2, 0.25) is 0 Å². The van der Waals surface area contributed by atoms with E-state index in [0.717, 1.165) is 24.6 Å². The second kappa shape index (κ2) is 8.71. The average Bonchev–Trinajstić information content (AvgIpc) is 1.97. The molecule has 0 atom stereocenters. The first-order valence-electron chi connectivity index (χ1n) is 3.49. The van der Waals surface area contributed by atoms with E-state index in [1.54, 1.807) is 0 Å². The van der Waals surface area contributed by atoms with Gasteiger partial charge in [0, 0.05) is 11.8 Å². The molecule has 0 saturated heterocycles. The molecule has 0 aliphatic heterocycles. The zero-order valence-corrected chi connectivity index (χ0v) is 7.60. The van der Waals surface area contributed by atoms with Gasteiger partial charge in [0.05, 0.1) is 6.07 Å². The van der Waals surface area contributed by atoms with Gasteiger partial charge in [0.15, 0.2) is 0 Å². The van der Waals surface area contributed by atoms with Crippen molar-refractivity contribution in [1.82, 2.24) is 0 Å². The summed E-state index contributed by atoms with van der Waals surface area (Å²) in [7, 11) is 0. The molecule has 2 heteroatoms. The minimum Gasteiger partial charge on any atom is -0.198 e. The maximum atomic E-state index is 8.19. The van der Waals surface area contributed by atoms with Crippen molar-refractivity contribution in [2.45, 2.75) is 25.7 Å². The van der Waals surface area contributed by atoms with Crippen LogP contribution in [0.1, 0.15) is 25.7 Å². The molecule has 0 saturated carbocycles. The summed E-state index contributed by atoms with van der Waals surface area (Å²) < 4.78 is 0. The van der Waals surface area contributed by atoms with Gasteiger partial charge in [-0.3, -0.25) is 0 Å². The average molecular weight is 202 g/mol. The van der Waals surface area contributed by atoms with E-state index in [0.29, 0.717) is 6.42 Å². The van der Waals surface area contributed by atoms with E-state index < -0.39 is 0 Å². The zero-order chi connectivity index (χ0) is 7.66. The van der Waals surface area contributed by atoms with Crippen LogP contribution in [0, 0.1) is 11.3 Å². The van der Waals surface area contributed by atoms with Gasteiger partial charge < -0.3 is 0 Å². The second-order valence-electron chi connectivity index (χ2n) is 2.00. The molecule has 1 nitrogen and oxygen atoms in total. The Balaban J connectivity index is 2.96. The molecule has 0 heterocycles. The first kappa shape index (κ1) is 9.71. The lowest BCUT2D eigenvalue weighted by atomic mass is 10.2. The van der Waals surface area contributed by atoms with E-state index >= 15 is 0 Å². The van der Waals surface area contributed by atoms with Gasteiger partial charge in [-0.1, -0.05) is 28.1 Å². The Labute approximate surface area is 70.9 Å². The number of unbranched alkanes of at least 4 members (excludes halogenated alkanes) is 2. The number of nitrogens with zero attached hydrogens (tertiary/aromatic N) is 1. The fraction of sp³-hybridized carbons (Fsp3) is 0.625. The SMILES string of the molecule is N#CCCC/C=C\CCBr. The number of halogens is 1. The number of rotatable bonds is 5. The molecule has 56 valence electrons. The highest BCUT2D eigenvalue weighted by atomic mass is 79.9. The summed E-state index contributed by atoms with van der Waals surface area (Å²) in [6.45, 7) is 0. The highest BCUT2D eigenvalue weighted by molar-refractivity contribution is 9.09. The summed E-state index contributed by atoms with van der Waals surface area (Å²) >= 11 is 3.33. The van der Waals surface area contributed by atoms with Crippen molar-refractivity contribution >= 4 is 15.9 Å². The molecule has 0 bridgehead atoms. The van der Waals surface area contributed by atoms with Crippen molar-refractivity contribution in [3.63, 3.8) is 0 Å². The Morgan fingerprint density at radius 1 is 1.30 bits per heavy atom. The standard InChI is InChI=1S/C8H12BrN/c9-7-5-3-1-2-4-6-8-10/h1,3H,2,4-7H2/b3-1-. The normalized spacial score (nSPS) is 10.0. The second-order valence-corrected chi connectivity index (χ2v) is 2.79. The third-order valence-electron chi connectivity index (χ3n) is 1.10. The molecule has 0 rings (SSSR count). The Hall–Kier alpha value is -0.290. The van der Waals surface area contributed by atoms with Crippen molar-refractivity contribution in [3.05, 3.63) is 12.2 Å². The topological polar surface area (TPSA) is 23.8 Å². The fourth-order valence-electron chi connectivity index (χ4n) is 0.598. The summed E-state index contributed by atoms with van der Waals surface area (Å²) in [6.07, 6.45) is 8.09. The van der Waals surface area contributed by atoms with E-state index in [-0.39, 0.29) is 0 Å². The van der Waals surface area contributed by atoms with Crippen molar-refractivity contribution in [2.24, 2.45) is 0 Å². The zero-order valence-electron chi connectivity index (χ0n) is 6.02. The van der Waals surface area contributed by atoms with Gasteiger partial charge in [0.25, 0.3) is 0 Å². The van der Waals surface area contributed by atoms with Gasteiger partial charge in [-0.15, -0.1) is 0 Å². The van der Waals surface area contributed by atoms with Crippen molar-refractivity contribution in [3.8, 4) is 6.07 Å². The van der Waals surface area contributed by atoms with Crippen LogP contribution < -0.4 is 0 Å². The Morgan fingerprint density at radius 2 is 2.00 bits per heavy atom. The molecular weight excluding hydrogens is 190 g/mol. The summed E-state index contributed by atoms with van der Waals surface area (Å²) in [5.74, 6) is 0. The number of nitriles is 1. The van der Waals surface area contributed by atoms with E-state index in [9.17, 15) is 0 Å². The Morgan fingerprint density at radius 3 is 2.60 bits per heavy atom. The molecule has 0 N–H and O–H groups in total. The van der Waals surface area contributed by atoms with E-state index in [4.69, 9.17) is 5.26 Å². The molecular formula is C8H12BrN. The van der Waals surface area contributed by atoms with Gasteiger partial charge >= 0.3 is 0 Å². The smallest absolute Gasteiger partial charge is 0.0621 e. The molecule has 0 fully saturated rings. The number of allylic oxidation sites excluding steroid dienone is 2. The van der Waals surface area contributed by atoms with E-state index in [1.807, 2.05) is 0 Å². The van der Waals surface area contributed by atoms with Gasteiger partial charge in [-0.05, 0) is 19.3 Å². The van der Waals surface area contributed by atoms with E-state index in [2.05, 4.69) is 34.2 Å². The molecule has 0 aromatic rings. The lowest BCUT2D eigenvalue weighted by molar-refractivity contribution is 0.873. The molecule has 0 spiro atoms. The summed E-state index contributed by atoms with van der Waals surface area (Å²) in [5.41, 5.74) is 0. The maximum Gasteiger partial charge on any atom is 0.0621 e. The van der Waals surface area contributed by atoms with Crippen LogP contribution in [-0.4, -0.2) is 5.33 Å². The highest BCUT2D eigenvalue weighted by Gasteiger charge is 1.80. The van der Waals surface area contributed by atoms with Crippen LogP contribution >= 0.6 is 15.9 Å². The molecule has 0 aromatic carbocycles. The molecule has 0 aromatic heterocycles. The van der Waals surface area contributed by atoms with Crippen LogP contribution in [-0.2, 0) is 0 Å². The molecule has 0 aliphatic carbocycles. The van der Waals surface area contributed by atoms with Crippen molar-refractivity contribution in [1.29, 1.82) is 5.26 Å². The van der Waals surface area contributed by atoms with Gasteiger partial charge in [0.2, 0.25) is 0 Å². The summed E-state index contributed by atoms with van der Waals surface area (Å²) in [5, 5.41) is 9.22. The lowest BCUT2D eigenvalue weighted by Gasteiger charge is -1.85. The third kappa shape index (κ3) is 7.71. The van der Waals surface area contributed by atoms with Crippen LogP contribution in [0.25, 0.3) is 0 Å². The quantitative estimate of drug-likeness (QED) is 0.382. The molecule has 0 radical (unpaired) electrons. The van der Waals surface area contributed by atoms with Gasteiger partial charge in [-0.25, -0.2) is 0 Å². The van der Waals surface area contributed by atoms with Crippen LogP contribution in [0.5, 0.6) is 0 Å². The maximum absolute atomic E-state index is 8.19. The van der Waals surface area contributed by atoms with Crippen LogP contribution in [0.15, 0.2) is 12.2 Å². The van der Waals surface area contributed by atoms with E-state index in [1.165, 1.54) is 0 Å². The van der Waals surface area contributed by atoms with Crippen molar-refractivity contribution < 1.29 is 0 Å². The fourth-order valence-corrected chi connectivity index (χ4v) is 0.862. The minimum absolute atomic E-state index is 0.679. The van der Waals surface area contributed by atoms with Crippen molar-refractivity contribution in [2.75, 3.05) is 5.33 Å². The molecule has 10 heavy (non-hydrogen) atoms. The monoisotopic (exact) mass is 201 g/mol. The summed E-state index contributed by atoms with van der Waals surface area (Å²) in [6, 6.07) is 2.12. The third-order valence-corrected chi connectivity index (χ3v) is 1.56. The number of alkyl halides is 1. The Bertz CT molecular complexity index is 124. The first-order chi connectivity index (χ1) is 4.91. The van der Waals surface area contributed by atoms with Gasteiger partial charge in [0.1, 0.15) is 0 Å². The van der Waals surface area contributed by atoms with Crippen LogP contribution in [0.3, 0.4) is 0 Å².